The molecule has 0 unspecified atom stereocenters. The molecule has 1 N–H and O–H groups in total. The molecule has 3 rings (SSSR count). The number of ether oxygens (including phenoxy) is 1. The normalized spacial score (nSPS) is 10.4. The molecular formula is C20H15FO3. The van der Waals surface area contributed by atoms with E-state index in [0.29, 0.717) is 23.5 Å². The van der Waals surface area contributed by atoms with Gasteiger partial charge in [-0.2, -0.15) is 0 Å². The second-order valence-electron chi connectivity index (χ2n) is 5.27. The van der Waals surface area contributed by atoms with Gasteiger partial charge in [0.2, 0.25) is 0 Å². The summed E-state index contributed by atoms with van der Waals surface area (Å²) in [6.45, 7) is 0.402. The van der Waals surface area contributed by atoms with Crippen LogP contribution < -0.4 is 4.74 Å². The summed E-state index contributed by atoms with van der Waals surface area (Å²) in [5.41, 5.74) is 1.61. The Kier molecular flexibility index (Phi) is 4.57. The molecule has 0 saturated carbocycles. The highest BCUT2D eigenvalue weighted by Gasteiger charge is 2.17. The van der Waals surface area contributed by atoms with Crippen LogP contribution in [0.5, 0.6) is 5.75 Å². The first-order valence-corrected chi connectivity index (χ1v) is 7.44. The van der Waals surface area contributed by atoms with Gasteiger partial charge >= 0.3 is 5.97 Å². The van der Waals surface area contributed by atoms with E-state index >= 15 is 0 Å². The van der Waals surface area contributed by atoms with Crippen molar-refractivity contribution in [3.8, 4) is 16.9 Å². The van der Waals surface area contributed by atoms with Crippen LogP contribution in [0.3, 0.4) is 0 Å². The molecule has 0 amide bonds. The standard InChI is InChI=1S/C20H15FO3/c21-18-11-5-10-17(19(18)20(22)23)15-8-4-9-16(12-15)24-13-14-6-2-1-3-7-14/h1-12H,13H2,(H,22,23). The lowest BCUT2D eigenvalue weighted by Gasteiger charge is -2.10. The van der Waals surface area contributed by atoms with Crippen LogP contribution >= 0.6 is 0 Å². The Labute approximate surface area is 139 Å². The molecule has 0 atom stereocenters. The molecule has 0 aliphatic rings. The van der Waals surface area contributed by atoms with E-state index in [9.17, 15) is 14.3 Å². The Bertz CT molecular complexity index is 860. The van der Waals surface area contributed by atoms with Crippen molar-refractivity contribution in [2.75, 3.05) is 0 Å². The molecule has 4 heteroatoms. The van der Waals surface area contributed by atoms with Crippen molar-refractivity contribution in [1.82, 2.24) is 0 Å². The maximum atomic E-state index is 13.8. The van der Waals surface area contributed by atoms with Gasteiger partial charge in [0.05, 0.1) is 0 Å². The number of carbonyl (C=O) groups is 1. The van der Waals surface area contributed by atoms with E-state index < -0.39 is 11.8 Å². The molecule has 0 aromatic heterocycles. The van der Waals surface area contributed by atoms with Crippen LogP contribution in [0, 0.1) is 5.82 Å². The smallest absolute Gasteiger partial charge is 0.339 e. The Morgan fingerprint density at radius 1 is 0.958 bits per heavy atom. The molecule has 0 saturated heterocycles. The van der Waals surface area contributed by atoms with E-state index in [4.69, 9.17) is 4.74 Å². The zero-order chi connectivity index (χ0) is 16.9. The van der Waals surface area contributed by atoms with Gasteiger partial charge in [0.15, 0.2) is 0 Å². The zero-order valence-corrected chi connectivity index (χ0v) is 12.8. The van der Waals surface area contributed by atoms with E-state index in [0.717, 1.165) is 11.6 Å². The molecule has 120 valence electrons. The molecule has 0 heterocycles. The summed E-state index contributed by atoms with van der Waals surface area (Å²) in [7, 11) is 0. The fraction of sp³-hybridized carbons (Fsp3) is 0.0500. The maximum Gasteiger partial charge on any atom is 0.339 e. The fourth-order valence-electron chi connectivity index (χ4n) is 2.48. The van der Waals surface area contributed by atoms with Crippen LogP contribution in [0.2, 0.25) is 0 Å². The van der Waals surface area contributed by atoms with Crippen LogP contribution in [0.4, 0.5) is 4.39 Å². The number of hydrogen-bond donors (Lipinski definition) is 1. The quantitative estimate of drug-likeness (QED) is 0.736. The molecule has 3 aromatic carbocycles. The largest absolute Gasteiger partial charge is 0.489 e. The first-order valence-electron chi connectivity index (χ1n) is 7.44. The van der Waals surface area contributed by atoms with E-state index in [1.165, 1.54) is 6.07 Å². The van der Waals surface area contributed by atoms with E-state index in [1.54, 1.807) is 30.3 Å². The molecule has 0 radical (unpaired) electrons. The summed E-state index contributed by atoms with van der Waals surface area (Å²) < 4.78 is 19.6. The SMILES string of the molecule is O=C(O)c1c(F)cccc1-c1cccc(OCc2ccccc2)c1. The lowest BCUT2D eigenvalue weighted by molar-refractivity contribution is 0.0693. The van der Waals surface area contributed by atoms with E-state index in [-0.39, 0.29) is 5.56 Å². The molecule has 24 heavy (non-hydrogen) atoms. The number of rotatable bonds is 5. The molecule has 0 bridgehead atoms. The van der Waals surface area contributed by atoms with Gasteiger partial charge < -0.3 is 9.84 Å². The predicted octanol–water partition coefficient (Wildman–Crippen LogP) is 4.77. The van der Waals surface area contributed by atoms with Crippen LogP contribution in [-0.2, 0) is 6.61 Å². The molecule has 3 aromatic rings. The van der Waals surface area contributed by atoms with Crippen molar-refractivity contribution in [2.24, 2.45) is 0 Å². The monoisotopic (exact) mass is 322 g/mol. The van der Waals surface area contributed by atoms with Crippen molar-refractivity contribution in [3.63, 3.8) is 0 Å². The third-order valence-corrected chi connectivity index (χ3v) is 3.62. The van der Waals surface area contributed by atoms with Crippen molar-refractivity contribution in [1.29, 1.82) is 0 Å². The summed E-state index contributed by atoms with van der Waals surface area (Å²) in [5.74, 6) is -1.45. The maximum absolute atomic E-state index is 13.8. The average Bonchev–Trinajstić information content (AvgIpc) is 2.60. The van der Waals surface area contributed by atoms with Crippen molar-refractivity contribution >= 4 is 5.97 Å². The minimum atomic E-state index is -1.29. The third kappa shape index (κ3) is 3.43. The van der Waals surface area contributed by atoms with Gasteiger partial charge in [-0.25, -0.2) is 9.18 Å². The molecule has 0 aliphatic heterocycles. The average molecular weight is 322 g/mol. The van der Waals surface area contributed by atoms with Crippen molar-refractivity contribution in [2.45, 2.75) is 6.61 Å². The van der Waals surface area contributed by atoms with Crippen molar-refractivity contribution < 1.29 is 19.0 Å². The molecular weight excluding hydrogens is 307 g/mol. The molecule has 0 spiro atoms. The van der Waals surface area contributed by atoms with Gasteiger partial charge in [0.1, 0.15) is 23.7 Å². The Morgan fingerprint density at radius 3 is 2.46 bits per heavy atom. The highest BCUT2D eigenvalue weighted by molar-refractivity contribution is 5.96. The van der Waals surface area contributed by atoms with Crippen LogP contribution in [-0.4, -0.2) is 11.1 Å². The molecule has 0 fully saturated rings. The highest BCUT2D eigenvalue weighted by atomic mass is 19.1. The summed E-state index contributed by atoms with van der Waals surface area (Å²) in [6.07, 6.45) is 0. The van der Waals surface area contributed by atoms with Crippen LogP contribution in [0.15, 0.2) is 72.8 Å². The van der Waals surface area contributed by atoms with Gasteiger partial charge in [0, 0.05) is 0 Å². The van der Waals surface area contributed by atoms with Crippen LogP contribution in [0.1, 0.15) is 15.9 Å². The number of hydrogen-bond acceptors (Lipinski definition) is 2. The minimum absolute atomic E-state index is 0.327. The number of aromatic carboxylic acids is 1. The number of halogens is 1. The number of benzene rings is 3. The Hall–Kier alpha value is -3.14. The second-order valence-corrected chi connectivity index (χ2v) is 5.27. The van der Waals surface area contributed by atoms with E-state index in [1.807, 2.05) is 30.3 Å². The highest BCUT2D eigenvalue weighted by Crippen LogP contribution is 2.29. The van der Waals surface area contributed by atoms with Crippen molar-refractivity contribution in [3.05, 3.63) is 89.7 Å². The van der Waals surface area contributed by atoms with Gasteiger partial charge in [-0.3, -0.25) is 0 Å². The van der Waals surface area contributed by atoms with E-state index in [2.05, 4.69) is 0 Å². The zero-order valence-electron chi connectivity index (χ0n) is 12.8. The lowest BCUT2D eigenvalue weighted by atomic mass is 9.99. The first-order chi connectivity index (χ1) is 11.6. The first kappa shape index (κ1) is 15.7. The lowest BCUT2D eigenvalue weighted by Crippen LogP contribution is -2.03. The summed E-state index contributed by atoms with van der Waals surface area (Å²) in [4.78, 5) is 11.3. The third-order valence-electron chi connectivity index (χ3n) is 3.62. The number of carboxylic acid groups (broad SMARTS) is 1. The Morgan fingerprint density at radius 2 is 1.71 bits per heavy atom. The topological polar surface area (TPSA) is 46.5 Å². The number of carboxylic acids is 1. The second kappa shape index (κ2) is 6.96. The van der Waals surface area contributed by atoms with Crippen LogP contribution in [0.25, 0.3) is 11.1 Å². The molecule has 3 nitrogen and oxygen atoms in total. The summed E-state index contributed by atoms with van der Waals surface area (Å²) in [5, 5.41) is 9.26. The van der Waals surface area contributed by atoms with Gasteiger partial charge in [0.25, 0.3) is 0 Å². The minimum Gasteiger partial charge on any atom is -0.489 e. The molecule has 0 aliphatic carbocycles. The summed E-state index contributed by atoms with van der Waals surface area (Å²) >= 11 is 0. The Balaban J connectivity index is 1.89. The predicted molar refractivity (Wildman–Crippen MR) is 89.6 cm³/mol. The van der Waals surface area contributed by atoms with Gasteiger partial charge in [-0.1, -0.05) is 54.6 Å². The fourth-order valence-corrected chi connectivity index (χ4v) is 2.48. The van der Waals surface area contributed by atoms with Gasteiger partial charge in [-0.05, 0) is 34.9 Å². The summed E-state index contributed by atoms with van der Waals surface area (Å²) in [6, 6.07) is 20.9. The van der Waals surface area contributed by atoms with Gasteiger partial charge in [-0.15, -0.1) is 0 Å².